The molecule has 0 unspecified atom stereocenters. The second-order valence-corrected chi connectivity index (χ2v) is 9.65. The summed E-state index contributed by atoms with van der Waals surface area (Å²) < 4.78 is 38.4. The van der Waals surface area contributed by atoms with Gasteiger partial charge in [-0.25, -0.2) is 23.1 Å². The second-order valence-electron chi connectivity index (χ2n) is 7.97. The number of carbonyl (C=O) groups is 1. The number of sulfonamides is 1. The van der Waals surface area contributed by atoms with E-state index in [1.807, 2.05) is 12.1 Å². The molecule has 0 aliphatic carbocycles. The molecule has 0 saturated carbocycles. The van der Waals surface area contributed by atoms with Crippen LogP contribution in [-0.2, 0) is 14.8 Å². The molecule has 1 aromatic heterocycles. The minimum Gasteiger partial charge on any atom is -0.493 e. The molecule has 184 valence electrons. The van der Waals surface area contributed by atoms with E-state index in [1.54, 1.807) is 25.3 Å². The number of rotatable bonds is 11. The van der Waals surface area contributed by atoms with Crippen molar-refractivity contribution in [3.05, 3.63) is 72.6 Å². The summed E-state index contributed by atoms with van der Waals surface area (Å²) in [6, 6.07) is 12.8. The number of carbonyl (C=O) groups excluding carboxylic acids is 1. The highest BCUT2D eigenvalue weighted by molar-refractivity contribution is 7.92. The lowest BCUT2D eigenvalue weighted by Gasteiger charge is -2.12. The molecule has 0 saturated heterocycles. The zero-order chi connectivity index (χ0) is 25.3. The molecular formula is C25H28N4O5S. The molecule has 0 aliphatic heterocycles. The van der Waals surface area contributed by atoms with Gasteiger partial charge in [-0.1, -0.05) is 19.9 Å². The van der Waals surface area contributed by atoms with Crippen LogP contribution in [-0.4, -0.2) is 38.0 Å². The van der Waals surface area contributed by atoms with Crippen molar-refractivity contribution < 1.29 is 22.7 Å². The summed E-state index contributed by atoms with van der Waals surface area (Å²) in [5.74, 6) is 1.39. The zero-order valence-corrected chi connectivity index (χ0v) is 20.6. The first kappa shape index (κ1) is 25.7. The van der Waals surface area contributed by atoms with Crippen LogP contribution < -0.4 is 19.5 Å². The first-order chi connectivity index (χ1) is 16.8. The van der Waals surface area contributed by atoms with Crippen molar-refractivity contribution in [2.24, 2.45) is 5.92 Å². The van der Waals surface area contributed by atoms with Crippen LogP contribution in [0.2, 0.25) is 0 Å². The smallest absolute Gasteiger partial charge is 0.264 e. The molecule has 9 nitrogen and oxygen atoms in total. The number of nitrogens with zero attached hydrogens (tertiary/aromatic N) is 2. The van der Waals surface area contributed by atoms with Crippen molar-refractivity contribution in [1.82, 2.24) is 9.97 Å². The van der Waals surface area contributed by atoms with Crippen molar-refractivity contribution >= 4 is 33.6 Å². The minimum absolute atomic E-state index is 0.0151. The molecule has 1 amide bonds. The molecule has 3 aromatic rings. The average Bonchev–Trinajstić information content (AvgIpc) is 2.83. The van der Waals surface area contributed by atoms with E-state index in [2.05, 4.69) is 33.9 Å². The molecule has 0 bridgehead atoms. The SMILES string of the molecule is COc1cc(/C=C/C(=O)Nc2ccc(S(=O)(=O)Nc3ncccn3)cc2)ccc1OCCC(C)C. The Bertz CT molecular complexity index is 1260. The molecule has 1 heterocycles. The van der Waals surface area contributed by atoms with Gasteiger partial charge in [0, 0.05) is 24.2 Å². The third-order valence-corrected chi connectivity index (χ3v) is 6.14. The number of benzene rings is 2. The minimum atomic E-state index is -3.85. The molecule has 2 aromatic carbocycles. The van der Waals surface area contributed by atoms with E-state index in [9.17, 15) is 13.2 Å². The highest BCUT2D eigenvalue weighted by Gasteiger charge is 2.15. The number of methoxy groups -OCH3 is 1. The molecular weight excluding hydrogens is 468 g/mol. The average molecular weight is 497 g/mol. The number of hydrogen-bond acceptors (Lipinski definition) is 7. The number of aromatic nitrogens is 2. The predicted octanol–water partition coefficient (Wildman–Crippen LogP) is 4.36. The van der Waals surface area contributed by atoms with Gasteiger partial charge in [0.05, 0.1) is 18.6 Å². The van der Waals surface area contributed by atoms with E-state index in [1.165, 1.54) is 42.7 Å². The summed E-state index contributed by atoms with van der Waals surface area (Å²) in [7, 11) is -2.28. The van der Waals surface area contributed by atoms with E-state index in [0.29, 0.717) is 29.7 Å². The van der Waals surface area contributed by atoms with Gasteiger partial charge in [0.25, 0.3) is 10.0 Å². The summed E-state index contributed by atoms with van der Waals surface area (Å²) in [5.41, 5.74) is 1.21. The number of ether oxygens (including phenoxy) is 2. The normalized spacial score (nSPS) is 11.4. The molecule has 3 rings (SSSR count). The van der Waals surface area contributed by atoms with Gasteiger partial charge >= 0.3 is 0 Å². The molecule has 0 fully saturated rings. The fraction of sp³-hybridized carbons (Fsp3) is 0.240. The van der Waals surface area contributed by atoms with Gasteiger partial charge in [-0.2, -0.15) is 0 Å². The van der Waals surface area contributed by atoms with E-state index < -0.39 is 10.0 Å². The van der Waals surface area contributed by atoms with Gasteiger partial charge in [0.1, 0.15) is 0 Å². The van der Waals surface area contributed by atoms with E-state index >= 15 is 0 Å². The highest BCUT2D eigenvalue weighted by Crippen LogP contribution is 2.29. The Morgan fingerprint density at radius 1 is 1.06 bits per heavy atom. The number of anilines is 2. The van der Waals surface area contributed by atoms with Gasteiger partial charge in [-0.15, -0.1) is 0 Å². The van der Waals surface area contributed by atoms with Crippen molar-refractivity contribution in [2.75, 3.05) is 23.8 Å². The topological polar surface area (TPSA) is 120 Å². The standard InChI is InChI=1S/C25H28N4O5S/c1-18(2)13-16-34-22-11-5-19(17-23(22)33-3)6-12-24(30)28-20-7-9-21(10-8-20)35(31,32)29-25-26-14-4-15-27-25/h4-12,14-15,17-18H,13,16H2,1-3H3,(H,28,30)(H,26,27,29)/b12-6+. The van der Waals surface area contributed by atoms with Crippen LogP contribution in [0.3, 0.4) is 0 Å². The summed E-state index contributed by atoms with van der Waals surface area (Å²) in [6.07, 6.45) is 6.84. The Balaban J connectivity index is 1.59. The van der Waals surface area contributed by atoms with Gasteiger partial charge in [-0.3, -0.25) is 4.79 Å². The Morgan fingerprint density at radius 2 is 1.77 bits per heavy atom. The fourth-order valence-corrected chi connectivity index (χ4v) is 3.87. The van der Waals surface area contributed by atoms with Crippen molar-refractivity contribution in [3.8, 4) is 11.5 Å². The van der Waals surface area contributed by atoms with E-state index in [0.717, 1.165) is 12.0 Å². The Hall–Kier alpha value is -3.92. The van der Waals surface area contributed by atoms with Crippen molar-refractivity contribution in [2.45, 2.75) is 25.2 Å². The monoisotopic (exact) mass is 496 g/mol. The molecule has 2 N–H and O–H groups in total. The van der Waals surface area contributed by atoms with Gasteiger partial charge in [-0.05, 0) is 66.4 Å². The number of hydrogen-bond donors (Lipinski definition) is 2. The van der Waals surface area contributed by atoms with E-state index in [4.69, 9.17) is 9.47 Å². The molecule has 10 heteroatoms. The second kappa shape index (κ2) is 12.0. The van der Waals surface area contributed by atoms with Gasteiger partial charge in [0.2, 0.25) is 11.9 Å². The van der Waals surface area contributed by atoms with Crippen LogP contribution in [0.1, 0.15) is 25.8 Å². The lowest BCUT2D eigenvalue weighted by Crippen LogP contribution is -2.15. The molecule has 0 atom stereocenters. The molecule has 0 radical (unpaired) electrons. The largest absolute Gasteiger partial charge is 0.493 e. The summed E-state index contributed by atoms with van der Waals surface area (Å²) in [5, 5.41) is 2.70. The van der Waals surface area contributed by atoms with Crippen molar-refractivity contribution in [3.63, 3.8) is 0 Å². The van der Waals surface area contributed by atoms with Crippen LogP contribution in [0.5, 0.6) is 11.5 Å². The first-order valence-corrected chi connectivity index (χ1v) is 12.4. The number of nitrogens with one attached hydrogen (secondary N) is 2. The van der Waals surface area contributed by atoms with Crippen LogP contribution in [0.15, 0.2) is 71.9 Å². The Kier molecular flexibility index (Phi) is 8.80. The highest BCUT2D eigenvalue weighted by atomic mass is 32.2. The van der Waals surface area contributed by atoms with Crippen LogP contribution >= 0.6 is 0 Å². The predicted molar refractivity (Wildman–Crippen MR) is 135 cm³/mol. The number of amides is 1. The summed E-state index contributed by atoms with van der Waals surface area (Å²) in [4.78, 5) is 20.0. The lowest BCUT2D eigenvalue weighted by molar-refractivity contribution is -0.111. The fourth-order valence-electron chi connectivity index (χ4n) is 2.92. The maximum atomic E-state index is 12.4. The third-order valence-electron chi connectivity index (χ3n) is 4.79. The first-order valence-electron chi connectivity index (χ1n) is 11.0. The quantitative estimate of drug-likeness (QED) is 0.379. The molecule has 35 heavy (non-hydrogen) atoms. The lowest BCUT2D eigenvalue weighted by atomic mass is 10.1. The maximum absolute atomic E-state index is 12.4. The van der Waals surface area contributed by atoms with Gasteiger partial charge < -0.3 is 14.8 Å². The maximum Gasteiger partial charge on any atom is 0.264 e. The summed E-state index contributed by atoms with van der Waals surface area (Å²) in [6.45, 7) is 4.87. The van der Waals surface area contributed by atoms with Crippen molar-refractivity contribution in [1.29, 1.82) is 0 Å². The zero-order valence-electron chi connectivity index (χ0n) is 19.8. The Labute approximate surface area is 205 Å². The van der Waals surface area contributed by atoms with Crippen LogP contribution in [0, 0.1) is 5.92 Å². The van der Waals surface area contributed by atoms with Gasteiger partial charge in [0.15, 0.2) is 11.5 Å². The van der Waals surface area contributed by atoms with Crippen LogP contribution in [0.25, 0.3) is 6.08 Å². The Morgan fingerprint density at radius 3 is 2.43 bits per heavy atom. The van der Waals surface area contributed by atoms with E-state index in [-0.39, 0.29) is 16.8 Å². The summed E-state index contributed by atoms with van der Waals surface area (Å²) >= 11 is 0. The molecule has 0 spiro atoms. The molecule has 0 aliphatic rings. The van der Waals surface area contributed by atoms with Crippen LogP contribution in [0.4, 0.5) is 11.6 Å². The third kappa shape index (κ3) is 7.82.